The summed E-state index contributed by atoms with van der Waals surface area (Å²) in [5.74, 6) is 0.765. The first-order chi connectivity index (χ1) is 14.5. The summed E-state index contributed by atoms with van der Waals surface area (Å²) < 4.78 is 5.10. The van der Waals surface area contributed by atoms with Crippen LogP contribution in [0.2, 0.25) is 0 Å². The first kappa shape index (κ1) is 28.8. The Labute approximate surface area is 187 Å². The van der Waals surface area contributed by atoms with Gasteiger partial charge in [0.15, 0.2) is 6.29 Å². The number of aromatic nitrogens is 1. The first-order valence-electron chi connectivity index (χ1n) is 11.5. The van der Waals surface area contributed by atoms with Crippen LogP contribution in [0.25, 0.3) is 0 Å². The van der Waals surface area contributed by atoms with Crippen LogP contribution in [0.15, 0.2) is 18.2 Å². The van der Waals surface area contributed by atoms with Crippen molar-refractivity contribution in [1.29, 1.82) is 0 Å². The molecule has 2 fully saturated rings. The average Bonchev–Trinajstić information content (AvgIpc) is 2.82. The molecule has 0 aliphatic carbocycles. The number of aldehydes is 1. The molecule has 2 aliphatic heterocycles. The molecule has 4 radical (unpaired) electrons. The van der Waals surface area contributed by atoms with E-state index in [1.807, 2.05) is 27.7 Å². The molecule has 0 atom stereocenters. The van der Waals surface area contributed by atoms with E-state index in [-0.39, 0.29) is 0 Å². The molecule has 0 aromatic carbocycles. The van der Waals surface area contributed by atoms with Crippen molar-refractivity contribution in [3.63, 3.8) is 0 Å². The molecule has 0 saturated carbocycles. The fourth-order valence-electron chi connectivity index (χ4n) is 3.27. The zero-order chi connectivity index (χ0) is 23.0. The fraction of sp³-hybridized carbons (Fsp3) is 0.739. The summed E-state index contributed by atoms with van der Waals surface area (Å²) in [5.41, 5.74) is 0.910. The number of morpholine rings is 1. The van der Waals surface area contributed by atoms with Gasteiger partial charge in [-0.3, -0.25) is 4.79 Å². The number of carbonyl (C=O) groups is 1. The van der Waals surface area contributed by atoms with Crippen LogP contribution in [-0.4, -0.2) is 83.2 Å². The normalized spacial score (nSPS) is 17.9. The van der Waals surface area contributed by atoms with E-state index < -0.39 is 5.34 Å². The molecule has 2 aliphatic rings. The highest BCUT2D eigenvalue weighted by Gasteiger charge is 2.31. The number of nitrogens with zero attached hydrogens (tertiary/aromatic N) is 3. The third-order valence-corrected chi connectivity index (χ3v) is 5.25. The zero-order valence-electron chi connectivity index (χ0n) is 20.1. The minimum absolute atomic E-state index is 0.362. The largest absolute Gasteiger partial charge is 0.379 e. The summed E-state index contributed by atoms with van der Waals surface area (Å²) in [6, 6.07) is 5.19. The molecule has 2 saturated heterocycles. The molecular weight excluding hydrogens is 372 g/mol. The van der Waals surface area contributed by atoms with Gasteiger partial charge in [-0.15, -0.1) is 0 Å². The average molecular weight is 413 g/mol. The number of piperidine rings is 1. The Morgan fingerprint density at radius 2 is 1.67 bits per heavy atom. The number of carbonyl (C=O) groups excluding carboxylic acids is 1. The number of hydrogen-bond acceptors (Lipinski definition) is 5. The molecule has 166 valence electrons. The lowest BCUT2D eigenvalue weighted by Gasteiger charge is -2.43. The maximum Gasteiger partial charge on any atom is 0.168 e. The lowest BCUT2D eigenvalue weighted by molar-refractivity contribution is 0.0503. The van der Waals surface area contributed by atoms with E-state index in [1.54, 1.807) is 18.2 Å². The molecule has 7 heteroatoms. The highest BCUT2D eigenvalue weighted by Crippen LogP contribution is 2.28. The highest BCUT2D eigenvalue weighted by molar-refractivity contribution is 6.39. The van der Waals surface area contributed by atoms with Crippen LogP contribution in [0.5, 0.6) is 0 Å². The van der Waals surface area contributed by atoms with Crippen molar-refractivity contribution >= 4 is 22.0 Å². The highest BCUT2D eigenvalue weighted by atomic mass is 16.5. The molecule has 0 amide bonds. The van der Waals surface area contributed by atoms with Crippen LogP contribution in [0.3, 0.4) is 0 Å². The van der Waals surface area contributed by atoms with Crippen LogP contribution in [0, 0.1) is 5.92 Å². The zero-order valence-corrected chi connectivity index (χ0v) is 20.1. The Kier molecular flexibility index (Phi) is 15.9. The Balaban J connectivity index is 0.000000636. The Morgan fingerprint density at radius 3 is 2.10 bits per heavy atom. The SMILES string of the molecule is CC.CC.CN1CCOCC1.[B]C([B])(c1cccc(C=O)n1)N1CCC(CC)CC1. The summed E-state index contributed by atoms with van der Waals surface area (Å²) >= 11 is 0. The van der Waals surface area contributed by atoms with Gasteiger partial charge in [-0.1, -0.05) is 47.1 Å². The molecule has 3 rings (SSSR count). The minimum atomic E-state index is -1.10. The second-order valence-electron chi connectivity index (χ2n) is 7.15. The van der Waals surface area contributed by atoms with Crippen LogP contribution >= 0.6 is 0 Å². The van der Waals surface area contributed by atoms with Gasteiger partial charge in [-0.05, 0) is 56.4 Å². The van der Waals surface area contributed by atoms with E-state index in [0.717, 1.165) is 58.2 Å². The van der Waals surface area contributed by atoms with Gasteiger partial charge < -0.3 is 14.5 Å². The van der Waals surface area contributed by atoms with Crippen LogP contribution in [0.4, 0.5) is 0 Å². The van der Waals surface area contributed by atoms with Gasteiger partial charge in [-0.2, -0.15) is 0 Å². The van der Waals surface area contributed by atoms with Crippen molar-refractivity contribution in [2.45, 2.75) is 59.2 Å². The second-order valence-corrected chi connectivity index (χ2v) is 7.15. The number of likely N-dealkylation sites (tertiary alicyclic amines) is 1. The lowest BCUT2D eigenvalue weighted by atomic mass is 9.58. The summed E-state index contributed by atoms with van der Waals surface area (Å²) in [7, 11) is 14.6. The Morgan fingerprint density at radius 1 is 1.10 bits per heavy atom. The molecular formula is C23H41B2N3O2. The van der Waals surface area contributed by atoms with E-state index in [2.05, 4.69) is 28.8 Å². The van der Waals surface area contributed by atoms with Crippen LogP contribution in [-0.2, 0) is 10.1 Å². The third-order valence-electron chi connectivity index (χ3n) is 5.25. The lowest BCUT2D eigenvalue weighted by Crippen LogP contribution is -2.51. The molecule has 0 spiro atoms. The van der Waals surface area contributed by atoms with Gasteiger partial charge in [-0.25, -0.2) is 4.98 Å². The molecule has 0 N–H and O–H groups in total. The topological polar surface area (TPSA) is 45.7 Å². The summed E-state index contributed by atoms with van der Waals surface area (Å²) in [6.45, 7) is 16.0. The maximum atomic E-state index is 10.8. The standard InChI is InChI=1S/C14H18B2N2O.C5H11NO.2C2H6/c1-2-11-6-8-18(9-7-11)14(15,16)13-5-3-4-12(10-19)17-13;1-6-2-4-7-5-3-6;2*1-2/h3-5,10-11H,2,6-9H2,1H3;2-5H2,1H3;2*1-2H3. The first-order valence-corrected chi connectivity index (χ1v) is 11.5. The van der Waals surface area contributed by atoms with E-state index in [1.165, 1.54) is 6.42 Å². The molecule has 3 heterocycles. The second kappa shape index (κ2) is 16.5. The molecule has 5 nitrogen and oxygen atoms in total. The minimum Gasteiger partial charge on any atom is -0.379 e. The number of ether oxygens (including phenoxy) is 1. The van der Waals surface area contributed by atoms with E-state index in [9.17, 15) is 4.79 Å². The van der Waals surface area contributed by atoms with Crippen molar-refractivity contribution in [2.24, 2.45) is 5.92 Å². The molecule has 0 unspecified atom stereocenters. The van der Waals surface area contributed by atoms with Crippen LogP contribution in [0.1, 0.15) is 70.1 Å². The van der Waals surface area contributed by atoms with Gasteiger partial charge in [0.2, 0.25) is 0 Å². The molecule has 1 aromatic heterocycles. The predicted octanol–water partition coefficient (Wildman–Crippen LogP) is 3.46. The van der Waals surface area contributed by atoms with Gasteiger partial charge >= 0.3 is 0 Å². The van der Waals surface area contributed by atoms with Crippen molar-refractivity contribution in [3.8, 4) is 0 Å². The quantitative estimate of drug-likeness (QED) is 0.559. The number of likely N-dealkylation sites (N-methyl/N-ethyl adjacent to an activating group) is 1. The van der Waals surface area contributed by atoms with Gasteiger partial charge in [0, 0.05) is 18.8 Å². The van der Waals surface area contributed by atoms with Crippen molar-refractivity contribution < 1.29 is 9.53 Å². The van der Waals surface area contributed by atoms with Gasteiger partial charge in [0.25, 0.3) is 0 Å². The maximum absolute atomic E-state index is 10.8. The number of pyridine rings is 1. The van der Waals surface area contributed by atoms with Crippen molar-refractivity contribution in [1.82, 2.24) is 14.8 Å². The summed E-state index contributed by atoms with van der Waals surface area (Å²) in [4.78, 5) is 19.3. The Bertz CT molecular complexity index is 559. The Hall–Kier alpha value is -1.17. The van der Waals surface area contributed by atoms with Crippen LogP contribution < -0.4 is 0 Å². The van der Waals surface area contributed by atoms with E-state index in [0.29, 0.717) is 17.7 Å². The smallest absolute Gasteiger partial charge is 0.168 e. The predicted molar refractivity (Wildman–Crippen MR) is 128 cm³/mol. The van der Waals surface area contributed by atoms with E-state index in [4.69, 9.17) is 20.4 Å². The van der Waals surface area contributed by atoms with Gasteiger partial charge in [0.05, 0.1) is 28.9 Å². The summed E-state index contributed by atoms with van der Waals surface area (Å²) in [5, 5.41) is -1.10. The fourth-order valence-corrected chi connectivity index (χ4v) is 3.27. The van der Waals surface area contributed by atoms with Crippen molar-refractivity contribution in [3.05, 3.63) is 29.6 Å². The summed E-state index contributed by atoms with van der Waals surface area (Å²) in [6.07, 6.45) is 4.14. The number of rotatable bonds is 4. The van der Waals surface area contributed by atoms with Crippen molar-refractivity contribution in [2.75, 3.05) is 46.4 Å². The van der Waals surface area contributed by atoms with Gasteiger partial charge in [0.1, 0.15) is 5.69 Å². The number of hydrogen-bond donors (Lipinski definition) is 0. The monoisotopic (exact) mass is 413 g/mol. The molecule has 1 aromatic rings. The third kappa shape index (κ3) is 9.76. The molecule has 0 bridgehead atoms. The van der Waals surface area contributed by atoms with E-state index >= 15 is 0 Å². The molecule has 30 heavy (non-hydrogen) atoms.